The minimum Gasteiger partial charge on any atom is -0.480 e. The van der Waals surface area contributed by atoms with Crippen LogP contribution in [-0.2, 0) is 22.6 Å². The lowest BCUT2D eigenvalue weighted by Gasteiger charge is -2.27. The minimum atomic E-state index is -5.08. The predicted octanol–water partition coefficient (Wildman–Crippen LogP) is 2.30. The van der Waals surface area contributed by atoms with Crippen molar-refractivity contribution >= 4 is 29.4 Å². The summed E-state index contributed by atoms with van der Waals surface area (Å²) in [4.78, 5) is 34.0. The number of carbonyl (C=O) groups is 3. The SMILES string of the molecule is N=C(N)c1ccc(C(=O)Nc2ccc3c(c2)CCN(CC(=O)O)C3)cc1.O=C(O)C(F)(F)F. The normalized spacial score (nSPS) is 13.2. The van der Waals surface area contributed by atoms with E-state index in [1.807, 2.05) is 23.1 Å². The molecule has 9 nitrogen and oxygen atoms in total. The van der Waals surface area contributed by atoms with E-state index in [0.717, 1.165) is 17.5 Å². The molecule has 0 saturated heterocycles. The number of anilines is 1. The van der Waals surface area contributed by atoms with Crippen molar-refractivity contribution in [3.63, 3.8) is 0 Å². The molecular formula is C21H21F3N4O5. The first-order valence-corrected chi connectivity index (χ1v) is 9.48. The van der Waals surface area contributed by atoms with Gasteiger partial charge in [-0.2, -0.15) is 13.2 Å². The molecule has 0 saturated carbocycles. The number of amidine groups is 1. The third-order valence-corrected chi connectivity index (χ3v) is 4.61. The summed E-state index contributed by atoms with van der Waals surface area (Å²) in [6, 6.07) is 12.2. The van der Waals surface area contributed by atoms with Crippen molar-refractivity contribution in [3.05, 3.63) is 64.7 Å². The average molecular weight is 466 g/mol. The first-order valence-electron chi connectivity index (χ1n) is 9.48. The number of hydrogen-bond acceptors (Lipinski definition) is 5. The van der Waals surface area contributed by atoms with Crippen LogP contribution in [0.15, 0.2) is 42.5 Å². The number of halogens is 3. The third-order valence-electron chi connectivity index (χ3n) is 4.61. The molecule has 2 aromatic rings. The Kier molecular flexibility index (Phi) is 8.13. The number of carboxylic acid groups (broad SMARTS) is 2. The molecule has 0 fully saturated rings. The van der Waals surface area contributed by atoms with Crippen molar-refractivity contribution in [3.8, 4) is 0 Å². The van der Waals surface area contributed by atoms with Crippen LogP contribution >= 0.6 is 0 Å². The van der Waals surface area contributed by atoms with Crippen molar-refractivity contribution in [2.45, 2.75) is 19.1 Å². The molecule has 1 amide bonds. The van der Waals surface area contributed by atoms with Gasteiger partial charge in [0.15, 0.2) is 0 Å². The zero-order valence-electron chi connectivity index (χ0n) is 17.1. The Bertz CT molecular complexity index is 1050. The van der Waals surface area contributed by atoms with Crippen LogP contribution < -0.4 is 11.1 Å². The second-order valence-corrected chi connectivity index (χ2v) is 7.09. The molecule has 176 valence electrons. The second kappa shape index (κ2) is 10.6. The van der Waals surface area contributed by atoms with E-state index in [4.69, 9.17) is 26.2 Å². The minimum absolute atomic E-state index is 0.0359. The van der Waals surface area contributed by atoms with Crippen LogP contribution in [0, 0.1) is 5.41 Å². The molecule has 6 N–H and O–H groups in total. The molecule has 1 aliphatic rings. The van der Waals surface area contributed by atoms with Gasteiger partial charge in [-0.05, 0) is 41.8 Å². The lowest BCUT2D eigenvalue weighted by atomic mass is 9.99. The summed E-state index contributed by atoms with van der Waals surface area (Å²) in [5, 5.41) is 26.3. The summed E-state index contributed by atoms with van der Waals surface area (Å²) in [5.41, 5.74) is 9.38. The van der Waals surface area contributed by atoms with Gasteiger partial charge in [-0.3, -0.25) is 19.9 Å². The van der Waals surface area contributed by atoms with Gasteiger partial charge in [0.1, 0.15) is 5.84 Å². The standard InChI is InChI=1S/C19H20N4O3.C2HF3O2/c20-18(21)12-1-3-13(4-2-12)19(26)22-16-6-5-15-10-23(11-17(24)25)8-7-14(15)9-16;3-2(4,5)1(6)7/h1-6,9H,7-8,10-11H2,(H3,20,21)(H,22,26)(H,24,25);(H,6,7). The first kappa shape index (κ1) is 25.3. The van der Waals surface area contributed by atoms with Gasteiger partial charge in [0, 0.05) is 29.9 Å². The second-order valence-electron chi connectivity index (χ2n) is 7.09. The summed E-state index contributed by atoms with van der Waals surface area (Å²) in [5.74, 6) is -3.85. The number of nitrogen functional groups attached to an aromatic ring is 1. The molecule has 0 spiro atoms. The Labute approximate surface area is 186 Å². The zero-order chi connectivity index (χ0) is 24.8. The zero-order valence-corrected chi connectivity index (χ0v) is 17.1. The number of carbonyl (C=O) groups excluding carboxylic acids is 1. The van der Waals surface area contributed by atoms with Crippen molar-refractivity contribution < 1.29 is 37.8 Å². The summed E-state index contributed by atoms with van der Waals surface area (Å²) in [7, 11) is 0. The topological polar surface area (TPSA) is 157 Å². The van der Waals surface area contributed by atoms with E-state index >= 15 is 0 Å². The Hall–Kier alpha value is -3.93. The Morgan fingerprint density at radius 3 is 2.12 bits per heavy atom. The number of amides is 1. The van der Waals surface area contributed by atoms with E-state index in [-0.39, 0.29) is 18.3 Å². The van der Waals surface area contributed by atoms with Crippen molar-refractivity contribution in [1.82, 2.24) is 4.90 Å². The van der Waals surface area contributed by atoms with E-state index < -0.39 is 18.1 Å². The van der Waals surface area contributed by atoms with Gasteiger partial charge in [-0.25, -0.2) is 4.79 Å². The summed E-state index contributed by atoms with van der Waals surface area (Å²) in [6.45, 7) is 1.32. The lowest BCUT2D eigenvalue weighted by Crippen LogP contribution is -2.34. The predicted molar refractivity (Wildman–Crippen MR) is 112 cm³/mol. The molecule has 0 unspecified atom stereocenters. The summed E-state index contributed by atoms with van der Waals surface area (Å²) >= 11 is 0. The number of aliphatic carboxylic acids is 2. The van der Waals surface area contributed by atoms with Crippen LogP contribution in [0.4, 0.5) is 18.9 Å². The molecule has 1 aliphatic heterocycles. The van der Waals surface area contributed by atoms with Gasteiger partial charge in [0.05, 0.1) is 6.54 Å². The maximum absolute atomic E-state index is 12.4. The monoisotopic (exact) mass is 466 g/mol. The Morgan fingerprint density at radius 1 is 1.03 bits per heavy atom. The fourth-order valence-electron chi connectivity index (χ4n) is 3.02. The highest BCUT2D eigenvalue weighted by Gasteiger charge is 2.38. The molecule has 2 aromatic carbocycles. The van der Waals surface area contributed by atoms with Crippen molar-refractivity contribution in [2.24, 2.45) is 5.73 Å². The number of nitrogens with zero attached hydrogens (tertiary/aromatic N) is 1. The maximum atomic E-state index is 12.4. The number of alkyl halides is 3. The lowest BCUT2D eigenvalue weighted by molar-refractivity contribution is -0.192. The van der Waals surface area contributed by atoms with Gasteiger partial charge < -0.3 is 21.3 Å². The number of nitrogens with two attached hydrogens (primary N) is 1. The average Bonchev–Trinajstić information content (AvgIpc) is 2.73. The fraction of sp³-hybridized carbons (Fsp3) is 0.238. The largest absolute Gasteiger partial charge is 0.490 e. The molecule has 1 heterocycles. The van der Waals surface area contributed by atoms with Crippen LogP contribution in [0.2, 0.25) is 0 Å². The molecule has 0 aliphatic carbocycles. The Morgan fingerprint density at radius 2 is 1.61 bits per heavy atom. The van der Waals surface area contributed by atoms with Crippen LogP contribution in [-0.4, -0.2) is 58.1 Å². The molecule has 3 rings (SSSR count). The third kappa shape index (κ3) is 7.61. The molecule has 33 heavy (non-hydrogen) atoms. The smallest absolute Gasteiger partial charge is 0.480 e. The number of hydrogen-bond donors (Lipinski definition) is 5. The molecular weight excluding hydrogens is 445 g/mol. The van der Waals surface area contributed by atoms with E-state index in [0.29, 0.717) is 29.9 Å². The van der Waals surface area contributed by atoms with Crippen LogP contribution in [0.25, 0.3) is 0 Å². The first-order chi connectivity index (χ1) is 15.4. The highest BCUT2D eigenvalue weighted by Crippen LogP contribution is 2.23. The van der Waals surface area contributed by atoms with Crippen LogP contribution in [0.3, 0.4) is 0 Å². The van der Waals surface area contributed by atoms with Gasteiger partial charge in [0.2, 0.25) is 0 Å². The molecule has 0 radical (unpaired) electrons. The Balaban J connectivity index is 0.000000479. The number of benzene rings is 2. The van der Waals surface area contributed by atoms with Gasteiger partial charge in [0.25, 0.3) is 5.91 Å². The maximum Gasteiger partial charge on any atom is 0.490 e. The van der Waals surface area contributed by atoms with E-state index in [2.05, 4.69) is 5.32 Å². The molecule has 0 atom stereocenters. The highest BCUT2D eigenvalue weighted by atomic mass is 19.4. The number of carboxylic acids is 2. The number of fused-ring (bicyclic) bond motifs is 1. The van der Waals surface area contributed by atoms with E-state index in [1.54, 1.807) is 24.3 Å². The molecule has 0 bridgehead atoms. The molecule has 0 aromatic heterocycles. The van der Waals surface area contributed by atoms with Crippen LogP contribution in [0.5, 0.6) is 0 Å². The van der Waals surface area contributed by atoms with E-state index in [9.17, 15) is 22.8 Å². The van der Waals surface area contributed by atoms with Crippen molar-refractivity contribution in [1.29, 1.82) is 5.41 Å². The fourth-order valence-corrected chi connectivity index (χ4v) is 3.02. The number of nitrogens with one attached hydrogen (secondary N) is 2. The summed E-state index contributed by atoms with van der Waals surface area (Å²) < 4.78 is 31.7. The van der Waals surface area contributed by atoms with Gasteiger partial charge >= 0.3 is 18.1 Å². The van der Waals surface area contributed by atoms with Crippen molar-refractivity contribution in [2.75, 3.05) is 18.4 Å². The highest BCUT2D eigenvalue weighted by molar-refractivity contribution is 6.05. The summed E-state index contributed by atoms with van der Waals surface area (Å²) in [6.07, 6.45) is -4.33. The van der Waals surface area contributed by atoms with Gasteiger partial charge in [-0.15, -0.1) is 0 Å². The molecule has 12 heteroatoms. The van der Waals surface area contributed by atoms with Gasteiger partial charge in [-0.1, -0.05) is 18.2 Å². The number of rotatable bonds is 5. The van der Waals surface area contributed by atoms with Crippen LogP contribution in [0.1, 0.15) is 27.0 Å². The quantitative estimate of drug-likeness (QED) is 0.334. The van der Waals surface area contributed by atoms with E-state index in [1.165, 1.54) is 0 Å².